The van der Waals surface area contributed by atoms with Gasteiger partial charge in [-0.2, -0.15) is 0 Å². The average Bonchev–Trinajstić information content (AvgIpc) is 3.15. The van der Waals surface area contributed by atoms with Crippen molar-refractivity contribution in [3.8, 4) is 0 Å². The summed E-state index contributed by atoms with van der Waals surface area (Å²) in [4.78, 5) is 4.84. The van der Waals surface area contributed by atoms with E-state index in [1.165, 1.54) is 57.9 Å². The van der Waals surface area contributed by atoms with Crippen LogP contribution in [0.3, 0.4) is 0 Å². The lowest BCUT2D eigenvalue weighted by atomic mass is 9.92. The van der Waals surface area contributed by atoms with Gasteiger partial charge >= 0.3 is 0 Å². The summed E-state index contributed by atoms with van der Waals surface area (Å²) in [6.07, 6.45) is 1.91. The predicted molar refractivity (Wildman–Crippen MR) is 127 cm³/mol. The predicted octanol–water partition coefficient (Wildman–Crippen LogP) is 8.06. The van der Waals surface area contributed by atoms with Gasteiger partial charge in [-0.1, -0.05) is 60.7 Å². The van der Waals surface area contributed by atoms with Gasteiger partial charge in [-0.3, -0.25) is 4.98 Å². The summed E-state index contributed by atoms with van der Waals surface area (Å²) in [5.41, 5.74) is 1.09. The van der Waals surface area contributed by atoms with E-state index < -0.39 is 0 Å². The molecule has 0 unspecified atom stereocenters. The van der Waals surface area contributed by atoms with Gasteiger partial charge < -0.3 is 0 Å². The van der Waals surface area contributed by atoms with Crippen LogP contribution in [-0.4, -0.2) is 4.98 Å². The van der Waals surface area contributed by atoms with Crippen LogP contribution in [0.25, 0.3) is 63.4 Å². The smallest absolute Gasteiger partial charge is 0.0792 e. The Morgan fingerprint density at radius 1 is 0.517 bits per heavy atom. The fourth-order valence-electron chi connectivity index (χ4n) is 4.79. The number of benzene rings is 5. The molecule has 0 radical (unpaired) electrons. The SMILES string of the molecule is c1ccc2c(c1)ccc1c3cc4c(cc3c3cccnc3c21)sc1ccccc14. The first-order valence-electron chi connectivity index (χ1n) is 9.82. The Labute approximate surface area is 170 Å². The Kier molecular flexibility index (Phi) is 2.94. The Morgan fingerprint density at radius 2 is 1.31 bits per heavy atom. The summed E-state index contributed by atoms with van der Waals surface area (Å²) >= 11 is 1.87. The number of pyridine rings is 1. The summed E-state index contributed by atoms with van der Waals surface area (Å²) in [5, 5.41) is 11.6. The molecular weight excluding hydrogens is 370 g/mol. The Morgan fingerprint density at radius 3 is 2.28 bits per heavy atom. The molecule has 1 nitrogen and oxygen atoms in total. The van der Waals surface area contributed by atoms with Crippen molar-refractivity contribution in [1.82, 2.24) is 4.98 Å². The molecule has 0 saturated heterocycles. The molecule has 2 heterocycles. The first-order valence-corrected chi connectivity index (χ1v) is 10.6. The fourth-order valence-corrected chi connectivity index (χ4v) is 5.92. The van der Waals surface area contributed by atoms with Crippen molar-refractivity contribution in [2.75, 3.05) is 0 Å². The molecule has 0 bridgehead atoms. The number of rotatable bonds is 0. The Balaban J connectivity index is 1.83. The molecule has 2 aromatic heterocycles. The standard InChI is InChI=1S/C27H15NS/c1-2-7-17-16(6-1)11-12-19-21-14-23-18-8-3-4-10-24(18)29-25(23)15-22(21)20-9-5-13-28-27(20)26(17)19/h1-15H. The van der Waals surface area contributed by atoms with Crippen LogP contribution in [0.5, 0.6) is 0 Å². The summed E-state index contributed by atoms with van der Waals surface area (Å²) in [7, 11) is 0. The molecule has 0 aliphatic heterocycles. The monoisotopic (exact) mass is 385 g/mol. The zero-order chi connectivity index (χ0) is 18.9. The highest BCUT2D eigenvalue weighted by Gasteiger charge is 2.14. The van der Waals surface area contributed by atoms with Crippen LogP contribution in [0.4, 0.5) is 0 Å². The molecule has 0 atom stereocenters. The van der Waals surface area contributed by atoms with Crippen LogP contribution in [0.1, 0.15) is 0 Å². The highest BCUT2D eigenvalue weighted by atomic mass is 32.1. The number of thiophene rings is 1. The summed E-state index contributed by atoms with van der Waals surface area (Å²) in [6, 6.07) is 30.9. The molecule has 7 aromatic rings. The van der Waals surface area contributed by atoms with Crippen molar-refractivity contribution in [2.45, 2.75) is 0 Å². The molecule has 0 amide bonds. The second kappa shape index (κ2) is 5.53. The van der Waals surface area contributed by atoms with Crippen LogP contribution in [0.15, 0.2) is 91.1 Å². The molecule has 0 aliphatic carbocycles. The van der Waals surface area contributed by atoms with E-state index in [9.17, 15) is 0 Å². The highest BCUT2D eigenvalue weighted by molar-refractivity contribution is 7.25. The lowest BCUT2D eigenvalue weighted by Crippen LogP contribution is -1.87. The van der Waals surface area contributed by atoms with Crippen molar-refractivity contribution < 1.29 is 0 Å². The van der Waals surface area contributed by atoms with Gasteiger partial charge in [0.25, 0.3) is 0 Å². The minimum Gasteiger partial charge on any atom is -0.256 e. The van der Waals surface area contributed by atoms with Gasteiger partial charge in [0, 0.05) is 37.1 Å². The number of fused-ring (bicyclic) bond motifs is 11. The van der Waals surface area contributed by atoms with Gasteiger partial charge in [0.15, 0.2) is 0 Å². The van der Waals surface area contributed by atoms with E-state index in [1.54, 1.807) is 0 Å². The van der Waals surface area contributed by atoms with E-state index in [-0.39, 0.29) is 0 Å². The van der Waals surface area contributed by atoms with Crippen LogP contribution < -0.4 is 0 Å². The van der Waals surface area contributed by atoms with Crippen molar-refractivity contribution in [2.24, 2.45) is 0 Å². The Hall–Kier alpha value is -3.49. The lowest BCUT2D eigenvalue weighted by molar-refractivity contribution is 1.43. The van der Waals surface area contributed by atoms with E-state index in [2.05, 4.69) is 78.9 Å². The maximum atomic E-state index is 4.84. The van der Waals surface area contributed by atoms with Gasteiger partial charge in [0.1, 0.15) is 0 Å². The van der Waals surface area contributed by atoms with Crippen LogP contribution in [0, 0.1) is 0 Å². The Bertz CT molecular complexity index is 1760. The van der Waals surface area contributed by atoms with Gasteiger partial charge in [-0.25, -0.2) is 0 Å². The topological polar surface area (TPSA) is 12.9 Å². The van der Waals surface area contributed by atoms with Crippen LogP contribution in [-0.2, 0) is 0 Å². The molecule has 0 N–H and O–H groups in total. The maximum absolute atomic E-state index is 4.84. The van der Waals surface area contributed by atoms with Gasteiger partial charge in [-0.15, -0.1) is 11.3 Å². The number of nitrogens with zero attached hydrogens (tertiary/aromatic N) is 1. The van der Waals surface area contributed by atoms with Gasteiger partial charge in [0.2, 0.25) is 0 Å². The molecule has 0 aliphatic rings. The molecule has 7 rings (SSSR count). The van der Waals surface area contributed by atoms with Crippen molar-refractivity contribution >= 4 is 74.7 Å². The summed E-state index contributed by atoms with van der Waals surface area (Å²) in [6.45, 7) is 0. The fraction of sp³-hybridized carbons (Fsp3) is 0. The number of aromatic nitrogens is 1. The number of hydrogen-bond donors (Lipinski definition) is 0. The molecule has 0 saturated carbocycles. The zero-order valence-corrected chi connectivity index (χ0v) is 16.3. The third kappa shape index (κ3) is 2.01. The highest BCUT2D eigenvalue weighted by Crippen LogP contribution is 2.42. The first kappa shape index (κ1) is 15.4. The third-order valence-electron chi connectivity index (χ3n) is 6.07. The molecule has 5 aromatic carbocycles. The minimum absolute atomic E-state index is 1.09. The zero-order valence-electron chi connectivity index (χ0n) is 15.5. The summed E-state index contributed by atoms with van der Waals surface area (Å²) in [5.74, 6) is 0. The van der Waals surface area contributed by atoms with E-state index in [0.29, 0.717) is 0 Å². The molecule has 0 spiro atoms. The average molecular weight is 385 g/mol. The van der Waals surface area contributed by atoms with Gasteiger partial charge in [-0.05, 0) is 51.2 Å². The molecular formula is C27H15NS. The van der Waals surface area contributed by atoms with E-state index in [1.807, 2.05) is 23.6 Å². The van der Waals surface area contributed by atoms with E-state index in [0.717, 1.165) is 5.52 Å². The van der Waals surface area contributed by atoms with Crippen molar-refractivity contribution in [3.63, 3.8) is 0 Å². The van der Waals surface area contributed by atoms with Gasteiger partial charge in [0.05, 0.1) is 5.52 Å². The van der Waals surface area contributed by atoms with Crippen molar-refractivity contribution in [3.05, 3.63) is 91.1 Å². The minimum atomic E-state index is 1.09. The normalized spacial score (nSPS) is 12.1. The molecule has 29 heavy (non-hydrogen) atoms. The largest absolute Gasteiger partial charge is 0.256 e. The third-order valence-corrected chi connectivity index (χ3v) is 7.20. The first-order chi connectivity index (χ1) is 14.4. The van der Waals surface area contributed by atoms with Crippen LogP contribution >= 0.6 is 11.3 Å². The van der Waals surface area contributed by atoms with E-state index >= 15 is 0 Å². The second-order valence-corrected chi connectivity index (χ2v) is 8.68. The number of hydrogen-bond acceptors (Lipinski definition) is 2. The van der Waals surface area contributed by atoms with E-state index in [4.69, 9.17) is 4.98 Å². The molecule has 0 fully saturated rings. The quantitative estimate of drug-likeness (QED) is 0.241. The summed E-state index contributed by atoms with van der Waals surface area (Å²) < 4.78 is 2.68. The van der Waals surface area contributed by atoms with Crippen LogP contribution in [0.2, 0.25) is 0 Å². The molecule has 2 heteroatoms. The molecule has 134 valence electrons. The van der Waals surface area contributed by atoms with Crippen molar-refractivity contribution in [1.29, 1.82) is 0 Å². The maximum Gasteiger partial charge on any atom is 0.0792 e. The second-order valence-electron chi connectivity index (χ2n) is 7.60. The lowest BCUT2D eigenvalue weighted by Gasteiger charge is -2.12.